The molecule has 0 unspecified atom stereocenters. The van der Waals surface area contributed by atoms with Gasteiger partial charge in [-0.2, -0.15) is 0 Å². The standard InChI is InChI=1S/C13H17Cl2NOS/c1-13(2,12(16)18)6-3-7-17-9-4-5-10(14)11(15)8-9/h4-5,8H,3,6-7H2,1-2H3,(H2,16,18). The molecule has 0 radical (unpaired) electrons. The van der Waals surface area contributed by atoms with Crippen molar-refractivity contribution in [2.45, 2.75) is 26.7 Å². The average Bonchev–Trinajstić information content (AvgIpc) is 2.29. The highest BCUT2D eigenvalue weighted by Crippen LogP contribution is 2.27. The summed E-state index contributed by atoms with van der Waals surface area (Å²) in [6, 6.07) is 5.23. The van der Waals surface area contributed by atoms with Gasteiger partial charge in [0.05, 0.1) is 21.6 Å². The van der Waals surface area contributed by atoms with Gasteiger partial charge in [0.15, 0.2) is 0 Å². The topological polar surface area (TPSA) is 35.2 Å². The molecule has 0 aliphatic carbocycles. The molecule has 5 heteroatoms. The summed E-state index contributed by atoms with van der Waals surface area (Å²) in [5.41, 5.74) is 5.53. The summed E-state index contributed by atoms with van der Waals surface area (Å²) in [6.45, 7) is 4.67. The highest BCUT2D eigenvalue weighted by atomic mass is 35.5. The fourth-order valence-electron chi connectivity index (χ4n) is 1.39. The summed E-state index contributed by atoms with van der Waals surface area (Å²) >= 11 is 16.7. The van der Waals surface area contributed by atoms with Crippen molar-refractivity contribution in [1.29, 1.82) is 0 Å². The first-order valence-electron chi connectivity index (χ1n) is 5.71. The molecule has 0 saturated heterocycles. The van der Waals surface area contributed by atoms with Crippen LogP contribution in [0.5, 0.6) is 5.75 Å². The number of ether oxygens (including phenoxy) is 1. The molecule has 1 aromatic rings. The summed E-state index contributed by atoms with van der Waals surface area (Å²) in [5, 5.41) is 1.02. The largest absolute Gasteiger partial charge is 0.494 e. The van der Waals surface area contributed by atoms with E-state index in [1.807, 2.05) is 13.8 Å². The maximum absolute atomic E-state index is 5.90. The number of rotatable bonds is 6. The van der Waals surface area contributed by atoms with Gasteiger partial charge in [-0.05, 0) is 25.0 Å². The third-order valence-electron chi connectivity index (χ3n) is 2.77. The minimum absolute atomic E-state index is 0.129. The Labute approximate surface area is 123 Å². The second kappa shape index (κ2) is 6.60. The Balaban J connectivity index is 2.38. The van der Waals surface area contributed by atoms with Crippen molar-refractivity contribution in [2.75, 3.05) is 6.61 Å². The second-order valence-corrected chi connectivity index (χ2v) is 6.03. The summed E-state index contributed by atoms with van der Waals surface area (Å²) in [6.07, 6.45) is 1.77. The van der Waals surface area contributed by atoms with E-state index in [-0.39, 0.29) is 5.41 Å². The molecule has 0 atom stereocenters. The van der Waals surface area contributed by atoms with Crippen LogP contribution in [0.15, 0.2) is 18.2 Å². The molecule has 0 spiro atoms. The lowest BCUT2D eigenvalue weighted by atomic mass is 9.88. The average molecular weight is 306 g/mol. The fourth-order valence-corrected chi connectivity index (χ4v) is 1.78. The number of nitrogens with two attached hydrogens (primary N) is 1. The molecular weight excluding hydrogens is 289 g/mol. The summed E-state index contributed by atoms with van der Waals surface area (Å²) in [5.74, 6) is 0.720. The SMILES string of the molecule is CC(C)(CCCOc1ccc(Cl)c(Cl)c1)C(N)=S. The predicted octanol–water partition coefficient (Wildman–Crippen LogP) is 4.46. The molecule has 0 aliphatic rings. The molecule has 2 N–H and O–H groups in total. The lowest BCUT2D eigenvalue weighted by molar-refractivity contribution is 0.288. The summed E-state index contributed by atoms with van der Waals surface area (Å²) < 4.78 is 5.59. The first kappa shape index (κ1) is 15.5. The summed E-state index contributed by atoms with van der Waals surface area (Å²) in [7, 11) is 0. The molecule has 0 heterocycles. The molecule has 0 amide bonds. The van der Waals surface area contributed by atoms with E-state index in [2.05, 4.69) is 0 Å². The van der Waals surface area contributed by atoms with Crippen molar-refractivity contribution in [3.05, 3.63) is 28.2 Å². The van der Waals surface area contributed by atoms with Crippen LogP contribution in [0.3, 0.4) is 0 Å². The van der Waals surface area contributed by atoms with Crippen molar-refractivity contribution >= 4 is 40.4 Å². The number of thiocarbonyl (C=S) groups is 1. The number of hydrogen-bond donors (Lipinski definition) is 1. The smallest absolute Gasteiger partial charge is 0.120 e. The van der Waals surface area contributed by atoms with E-state index in [1.54, 1.807) is 18.2 Å². The summed E-state index contributed by atoms with van der Waals surface area (Å²) in [4.78, 5) is 0.539. The van der Waals surface area contributed by atoms with Gasteiger partial charge in [-0.15, -0.1) is 0 Å². The highest BCUT2D eigenvalue weighted by Gasteiger charge is 2.20. The van der Waals surface area contributed by atoms with E-state index >= 15 is 0 Å². The van der Waals surface area contributed by atoms with E-state index in [0.29, 0.717) is 21.6 Å². The number of halogens is 2. The molecule has 100 valence electrons. The molecule has 0 bridgehead atoms. The van der Waals surface area contributed by atoms with Crippen molar-refractivity contribution < 1.29 is 4.74 Å². The van der Waals surface area contributed by atoms with Gasteiger partial charge in [0.25, 0.3) is 0 Å². The third kappa shape index (κ3) is 4.63. The monoisotopic (exact) mass is 305 g/mol. The Bertz CT molecular complexity index is 435. The third-order valence-corrected chi connectivity index (χ3v) is 4.06. The Morgan fingerprint density at radius 3 is 2.56 bits per heavy atom. The first-order valence-corrected chi connectivity index (χ1v) is 6.87. The van der Waals surface area contributed by atoms with Crippen LogP contribution in [-0.2, 0) is 0 Å². The van der Waals surface area contributed by atoms with Gasteiger partial charge in [0.1, 0.15) is 5.75 Å². The first-order chi connectivity index (χ1) is 8.33. The Morgan fingerprint density at radius 1 is 1.33 bits per heavy atom. The molecule has 1 aromatic carbocycles. The molecule has 0 aromatic heterocycles. The number of hydrogen-bond acceptors (Lipinski definition) is 2. The van der Waals surface area contributed by atoms with Crippen molar-refractivity contribution in [2.24, 2.45) is 11.1 Å². The molecular formula is C13H17Cl2NOS. The van der Waals surface area contributed by atoms with Gasteiger partial charge in [0, 0.05) is 11.5 Å². The van der Waals surface area contributed by atoms with E-state index in [9.17, 15) is 0 Å². The fraction of sp³-hybridized carbons (Fsp3) is 0.462. The van der Waals surface area contributed by atoms with Crippen LogP contribution in [0.2, 0.25) is 10.0 Å². The molecule has 1 rings (SSSR count). The van der Waals surface area contributed by atoms with Crippen LogP contribution in [0.1, 0.15) is 26.7 Å². The van der Waals surface area contributed by atoms with Gasteiger partial charge < -0.3 is 10.5 Å². The lowest BCUT2D eigenvalue weighted by Gasteiger charge is -2.22. The molecule has 18 heavy (non-hydrogen) atoms. The van der Waals surface area contributed by atoms with Crippen molar-refractivity contribution in [3.63, 3.8) is 0 Å². The zero-order valence-corrected chi connectivity index (χ0v) is 12.8. The van der Waals surface area contributed by atoms with Crippen LogP contribution in [-0.4, -0.2) is 11.6 Å². The van der Waals surface area contributed by atoms with E-state index in [1.165, 1.54) is 0 Å². The van der Waals surface area contributed by atoms with Gasteiger partial charge in [-0.25, -0.2) is 0 Å². The van der Waals surface area contributed by atoms with E-state index < -0.39 is 0 Å². The Hall–Kier alpha value is -0.510. The Morgan fingerprint density at radius 2 is 2.00 bits per heavy atom. The van der Waals surface area contributed by atoms with Gasteiger partial charge in [-0.1, -0.05) is 49.3 Å². The van der Waals surface area contributed by atoms with Crippen LogP contribution >= 0.6 is 35.4 Å². The minimum atomic E-state index is -0.129. The molecule has 0 saturated carbocycles. The zero-order valence-electron chi connectivity index (χ0n) is 10.5. The number of benzene rings is 1. The maximum atomic E-state index is 5.90. The molecule has 0 fully saturated rings. The molecule has 2 nitrogen and oxygen atoms in total. The zero-order chi connectivity index (χ0) is 13.8. The minimum Gasteiger partial charge on any atom is -0.494 e. The highest BCUT2D eigenvalue weighted by molar-refractivity contribution is 7.80. The van der Waals surface area contributed by atoms with Crippen molar-refractivity contribution in [3.8, 4) is 5.75 Å². The van der Waals surface area contributed by atoms with Gasteiger partial charge in [-0.3, -0.25) is 0 Å². The van der Waals surface area contributed by atoms with Crippen LogP contribution in [0.4, 0.5) is 0 Å². The quantitative estimate of drug-likeness (QED) is 0.622. The second-order valence-electron chi connectivity index (χ2n) is 4.78. The van der Waals surface area contributed by atoms with Crippen molar-refractivity contribution in [1.82, 2.24) is 0 Å². The predicted molar refractivity (Wildman–Crippen MR) is 81.8 cm³/mol. The van der Waals surface area contributed by atoms with Crippen LogP contribution in [0.25, 0.3) is 0 Å². The van der Waals surface area contributed by atoms with Crippen LogP contribution < -0.4 is 10.5 Å². The maximum Gasteiger partial charge on any atom is 0.120 e. The normalized spacial score (nSPS) is 11.3. The lowest BCUT2D eigenvalue weighted by Crippen LogP contribution is -2.30. The van der Waals surface area contributed by atoms with Crippen LogP contribution in [0, 0.1) is 5.41 Å². The van der Waals surface area contributed by atoms with Gasteiger partial charge in [0.2, 0.25) is 0 Å². The van der Waals surface area contributed by atoms with E-state index in [4.69, 9.17) is 45.9 Å². The van der Waals surface area contributed by atoms with E-state index in [0.717, 1.165) is 18.6 Å². The van der Waals surface area contributed by atoms with Gasteiger partial charge >= 0.3 is 0 Å². The Kier molecular flexibility index (Phi) is 5.70. The molecule has 0 aliphatic heterocycles.